The molecule has 5 rings (SSSR count). The second-order valence-electron chi connectivity index (χ2n) is 11.0. The molecule has 1 aromatic heterocycles. The van der Waals surface area contributed by atoms with Gasteiger partial charge < -0.3 is 29.7 Å². The minimum absolute atomic E-state index is 0.0242. The zero-order valence-electron chi connectivity index (χ0n) is 23.9. The highest BCUT2D eigenvalue weighted by atomic mass is 19.1. The Labute approximate surface area is 243 Å². The van der Waals surface area contributed by atoms with Gasteiger partial charge >= 0.3 is 0 Å². The SMILES string of the molecule is CN1CC(=O)N2CCCC2COc2ccc(F)cc2C(=O)N(C)C(C(=O)NCCc2c[nH]c3ccccc23)CCC1=O. The van der Waals surface area contributed by atoms with Gasteiger partial charge in [-0.1, -0.05) is 18.2 Å². The van der Waals surface area contributed by atoms with Gasteiger partial charge in [-0.05, 0) is 55.5 Å². The van der Waals surface area contributed by atoms with E-state index in [4.69, 9.17) is 4.74 Å². The fraction of sp³-hybridized carbons (Fsp3) is 0.419. The molecule has 2 aliphatic heterocycles. The lowest BCUT2D eigenvalue weighted by Crippen LogP contribution is -2.49. The Hall–Kier alpha value is -4.41. The quantitative estimate of drug-likeness (QED) is 0.495. The number of ether oxygens (including phenoxy) is 1. The van der Waals surface area contributed by atoms with Gasteiger partial charge in [-0.15, -0.1) is 0 Å². The van der Waals surface area contributed by atoms with Crippen molar-refractivity contribution in [1.29, 1.82) is 0 Å². The second kappa shape index (κ2) is 12.6. The fourth-order valence-electron chi connectivity index (χ4n) is 5.76. The summed E-state index contributed by atoms with van der Waals surface area (Å²) in [5.41, 5.74) is 2.02. The number of aromatic nitrogens is 1. The lowest BCUT2D eigenvalue weighted by Gasteiger charge is -2.28. The van der Waals surface area contributed by atoms with Crippen LogP contribution in [0.15, 0.2) is 48.7 Å². The molecule has 0 aliphatic carbocycles. The van der Waals surface area contributed by atoms with Crippen molar-refractivity contribution in [3.05, 3.63) is 65.6 Å². The van der Waals surface area contributed by atoms with E-state index in [-0.39, 0.29) is 55.2 Å². The summed E-state index contributed by atoms with van der Waals surface area (Å²) < 4.78 is 20.3. The van der Waals surface area contributed by atoms with Crippen LogP contribution in [0.5, 0.6) is 5.75 Å². The molecule has 1 fully saturated rings. The number of amides is 4. The maximum Gasteiger partial charge on any atom is 0.258 e. The fourth-order valence-corrected chi connectivity index (χ4v) is 5.76. The van der Waals surface area contributed by atoms with Crippen LogP contribution in [0.2, 0.25) is 0 Å². The minimum atomic E-state index is -1.02. The van der Waals surface area contributed by atoms with Gasteiger partial charge in [0.25, 0.3) is 5.91 Å². The van der Waals surface area contributed by atoms with E-state index in [2.05, 4.69) is 10.3 Å². The first-order valence-electron chi connectivity index (χ1n) is 14.3. The molecule has 0 bridgehead atoms. The predicted octanol–water partition coefficient (Wildman–Crippen LogP) is 2.73. The number of hydrogen-bond acceptors (Lipinski definition) is 5. The summed E-state index contributed by atoms with van der Waals surface area (Å²) in [5.74, 6) is -1.97. The molecular weight excluding hydrogens is 541 g/mol. The molecule has 0 saturated carbocycles. The molecule has 2 aromatic carbocycles. The van der Waals surface area contributed by atoms with Crippen LogP contribution in [-0.2, 0) is 20.8 Å². The highest BCUT2D eigenvalue weighted by Gasteiger charge is 2.34. The number of likely N-dealkylation sites (N-methyl/N-ethyl adjacent to an activating group) is 2. The van der Waals surface area contributed by atoms with E-state index in [1.165, 1.54) is 29.0 Å². The Balaban J connectivity index is 1.38. The number of carbonyl (C=O) groups is 4. The third kappa shape index (κ3) is 6.24. The van der Waals surface area contributed by atoms with Crippen molar-refractivity contribution in [3.63, 3.8) is 0 Å². The van der Waals surface area contributed by atoms with E-state index in [1.54, 1.807) is 11.9 Å². The topological polar surface area (TPSA) is 115 Å². The van der Waals surface area contributed by atoms with E-state index in [9.17, 15) is 23.6 Å². The summed E-state index contributed by atoms with van der Waals surface area (Å²) in [4.78, 5) is 60.8. The van der Waals surface area contributed by atoms with Crippen LogP contribution < -0.4 is 10.1 Å². The average molecular weight is 578 g/mol. The Morgan fingerprint density at radius 3 is 2.74 bits per heavy atom. The molecule has 10 nitrogen and oxygen atoms in total. The van der Waals surface area contributed by atoms with Crippen molar-refractivity contribution < 1.29 is 28.3 Å². The number of nitrogens with one attached hydrogen (secondary N) is 2. The minimum Gasteiger partial charge on any atom is -0.491 e. The first-order valence-corrected chi connectivity index (χ1v) is 14.3. The Morgan fingerprint density at radius 2 is 1.90 bits per heavy atom. The van der Waals surface area contributed by atoms with Crippen molar-refractivity contribution in [2.24, 2.45) is 0 Å². The van der Waals surface area contributed by atoms with Crippen LogP contribution >= 0.6 is 0 Å². The second-order valence-corrected chi connectivity index (χ2v) is 11.0. The molecule has 3 aromatic rings. The van der Waals surface area contributed by atoms with E-state index in [0.717, 1.165) is 29.0 Å². The van der Waals surface area contributed by atoms with Crippen LogP contribution in [0.1, 0.15) is 41.6 Å². The maximum absolute atomic E-state index is 14.3. The molecule has 0 spiro atoms. The number of nitrogens with zero attached hydrogens (tertiary/aromatic N) is 3. The van der Waals surface area contributed by atoms with Gasteiger partial charge in [0.2, 0.25) is 17.7 Å². The number of aromatic amines is 1. The number of H-pyrrole nitrogens is 1. The standard InChI is InChI=1S/C31H36FN5O5/c1-35-18-29(39)37-15-5-6-22(37)19-42-27-11-9-21(32)16-24(27)31(41)36(2)26(10-12-28(35)38)30(40)33-14-13-20-17-34-25-8-4-3-7-23(20)25/h3-4,7-9,11,16-17,22,26,34H,5-6,10,12-15,18-19H2,1-2H3,(H,33,40). The Bertz CT molecular complexity index is 1490. The Morgan fingerprint density at radius 1 is 1.10 bits per heavy atom. The molecule has 222 valence electrons. The number of carbonyl (C=O) groups excluding carboxylic acids is 4. The van der Waals surface area contributed by atoms with Crippen molar-refractivity contribution >= 4 is 34.5 Å². The van der Waals surface area contributed by atoms with Gasteiger partial charge in [0.05, 0.1) is 18.2 Å². The lowest BCUT2D eigenvalue weighted by molar-refractivity contribution is -0.140. The molecule has 2 atom stereocenters. The third-order valence-corrected chi connectivity index (χ3v) is 8.19. The van der Waals surface area contributed by atoms with E-state index < -0.39 is 23.7 Å². The molecule has 11 heteroatoms. The van der Waals surface area contributed by atoms with Crippen molar-refractivity contribution in [2.45, 2.75) is 44.2 Å². The summed E-state index contributed by atoms with van der Waals surface area (Å²) in [6, 6.07) is 10.3. The monoisotopic (exact) mass is 577 g/mol. The highest BCUT2D eigenvalue weighted by Crippen LogP contribution is 2.26. The molecule has 4 amide bonds. The first-order chi connectivity index (χ1) is 20.2. The van der Waals surface area contributed by atoms with Crippen LogP contribution in [-0.4, -0.2) is 95.7 Å². The molecule has 3 heterocycles. The van der Waals surface area contributed by atoms with Crippen molar-refractivity contribution in [1.82, 2.24) is 25.0 Å². The average Bonchev–Trinajstić information content (AvgIpc) is 3.63. The normalized spacial score (nSPS) is 20.5. The number of halogens is 1. The van der Waals surface area contributed by atoms with Crippen molar-refractivity contribution in [3.8, 4) is 5.75 Å². The smallest absolute Gasteiger partial charge is 0.258 e. The van der Waals surface area contributed by atoms with Crippen LogP contribution in [0, 0.1) is 5.82 Å². The molecule has 2 unspecified atom stereocenters. The number of rotatable bonds is 4. The van der Waals surface area contributed by atoms with Gasteiger partial charge in [-0.3, -0.25) is 19.2 Å². The predicted molar refractivity (Wildman–Crippen MR) is 154 cm³/mol. The number of hydrogen-bond donors (Lipinski definition) is 2. The van der Waals surface area contributed by atoms with E-state index in [1.807, 2.05) is 30.5 Å². The highest BCUT2D eigenvalue weighted by molar-refractivity contribution is 5.99. The third-order valence-electron chi connectivity index (χ3n) is 8.19. The summed E-state index contributed by atoms with van der Waals surface area (Å²) in [6.45, 7) is 0.894. The maximum atomic E-state index is 14.3. The molecule has 0 radical (unpaired) electrons. The van der Waals surface area contributed by atoms with Crippen molar-refractivity contribution in [2.75, 3.05) is 40.3 Å². The summed E-state index contributed by atoms with van der Waals surface area (Å²) in [6.07, 6.45) is 3.95. The van der Waals surface area contributed by atoms with Gasteiger partial charge in [0, 0.05) is 50.7 Å². The van der Waals surface area contributed by atoms with Crippen LogP contribution in [0.4, 0.5) is 4.39 Å². The van der Waals surface area contributed by atoms with Gasteiger partial charge in [-0.2, -0.15) is 0 Å². The first kappa shape index (κ1) is 29.1. The van der Waals surface area contributed by atoms with E-state index in [0.29, 0.717) is 25.9 Å². The van der Waals surface area contributed by atoms with Crippen LogP contribution in [0.25, 0.3) is 10.9 Å². The largest absolute Gasteiger partial charge is 0.491 e. The summed E-state index contributed by atoms with van der Waals surface area (Å²) in [5, 5.41) is 3.97. The molecule has 42 heavy (non-hydrogen) atoms. The van der Waals surface area contributed by atoms with E-state index >= 15 is 0 Å². The number of fused-ring (bicyclic) bond motifs is 3. The molecular formula is C31H36FN5O5. The zero-order valence-corrected chi connectivity index (χ0v) is 23.9. The van der Waals surface area contributed by atoms with Gasteiger partial charge in [-0.25, -0.2) is 4.39 Å². The number of para-hydroxylation sites is 1. The van der Waals surface area contributed by atoms with Crippen LogP contribution in [0.3, 0.4) is 0 Å². The Kier molecular flexibility index (Phi) is 8.75. The van der Waals surface area contributed by atoms with Gasteiger partial charge in [0.15, 0.2) is 0 Å². The molecule has 2 aliphatic rings. The summed E-state index contributed by atoms with van der Waals surface area (Å²) in [7, 11) is 3.03. The molecule has 1 saturated heterocycles. The zero-order chi connectivity index (χ0) is 29.8. The van der Waals surface area contributed by atoms with Gasteiger partial charge in [0.1, 0.15) is 24.2 Å². The lowest BCUT2D eigenvalue weighted by atomic mass is 10.1. The summed E-state index contributed by atoms with van der Waals surface area (Å²) >= 11 is 0. The molecule has 2 N–H and O–H groups in total. The number of benzene rings is 2.